The maximum atomic E-state index is 12.4. The van der Waals surface area contributed by atoms with Gasteiger partial charge in [0.1, 0.15) is 11.5 Å². The van der Waals surface area contributed by atoms with Crippen molar-refractivity contribution in [2.45, 2.75) is 38.3 Å². The lowest BCUT2D eigenvalue weighted by Crippen LogP contribution is -2.39. The molecular formula is C21H29N3O3. The zero-order valence-corrected chi connectivity index (χ0v) is 16.1. The summed E-state index contributed by atoms with van der Waals surface area (Å²) < 4.78 is 10.9. The second-order valence-electron chi connectivity index (χ2n) is 7.04. The number of nitrogens with one attached hydrogen (secondary N) is 2. The highest BCUT2D eigenvalue weighted by Crippen LogP contribution is 2.25. The van der Waals surface area contributed by atoms with Gasteiger partial charge in [0, 0.05) is 19.0 Å². The number of likely N-dealkylation sites (tertiary alicyclic amines) is 1. The first-order valence-corrected chi connectivity index (χ1v) is 9.61. The van der Waals surface area contributed by atoms with Gasteiger partial charge in [-0.25, -0.2) is 0 Å². The lowest BCUT2D eigenvalue weighted by molar-refractivity contribution is -0.116. The third-order valence-electron chi connectivity index (χ3n) is 4.99. The average Bonchev–Trinajstić information content (AvgIpc) is 3.37. The van der Waals surface area contributed by atoms with E-state index in [-0.39, 0.29) is 18.0 Å². The quantitative estimate of drug-likeness (QED) is 0.707. The van der Waals surface area contributed by atoms with Crippen LogP contribution in [0.4, 0.5) is 5.69 Å². The maximum absolute atomic E-state index is 12.4. The van der Waals surface area contributed by atoms with Crippen LogP contribution in [0.15, 0.2) is 47.1 Å². The molecule has 6 nitrogen and oxygen atoms in total. The molecule has 1 aromatic heterocycles. The summed E-state index contributed by atoms with van der Waals surface area (Å²) in [7, 11) is 1.60. The topological polar surface area (TPSA) is 66.7 Å². The van der Waals surface area contributed by atoms with Crippen LogP contribution in [0.5, 0.6) is 5.75 Å². The van der Waals surface area contributed by atoms with Crippen LogP contribution in [0.2, 0.25) is 0 Å². The Bertz CT molecular complexity index is 711. The zero-order chi connectivity index (χ0) is 19.1. The molecule has 1 aliphatic heterocycles. The number of hydrogen-bond acceptors (Lipinski definition) is 5. The number of nitrogens with zero attached hydrogens (tertiary/aromatic N) is 1. The molecule has 0 radical (unpaired) electrons. The minimum Gasteiger partial charge on any atom is -0.495 e. The van der Waals surface area contributed by atoms with Crippen molar-refractivity contribution in [3.8, 4) is 5.75 Å². The first-order chi connectivity index (χ1) is 13.2. The fourth-order valence-electron chi connectivity index (χ4n) is 3.56. The SMILES string of the molecule is COc1ccccc1NC(=O)C[C@@H](C)NC[C@@H](c1ccco1)N1CCCC1. The van der Waals surface area contributed by atoms with E-state index >= 15 is 0 Å². The Labute approximate surface area is 160 Å². The summed E-state index contributed by atoms with van der Waals surface area (Å²) in [6, 6.07) is 11.7. The third-order valence-corrected chi connectivity index (χ3v) is 4.99. The molecule has 1 amide bonds. The fourth-order valence-corrected chi connectivity index (χ4v) is 3.56. The van der Waals surface area contributed by atoms with Crippen molar-refractivity contribution in [1.29, 1.82) is 0 Å². The van der Waals surface area contributed by atoms with Crippen LogP contribution in [-0.2, 0) is 4.79 Å². The molecule has 146 valence electrons. The number of methoxy groups -OCH3 is 1. The Balaban J connectivity index is 1.51. The Hall–Kier alpha value is -2.31. The van der Waals surface area contributed by atoms with Crippen LogP contribution >= 0.6 is 0 Å². The predicted molar refractivity (Wildman–Crippen MR) is 106 cm³/mol. The van der Waals surface area contributed by atoms with E-state index in [9.17, 15) is 4.79 Å². The van der Waals surface area contributed by atoms with Gasteiger partial charge < -0.3 is 19.8 Å². The molecule has 1 aromatic carbocycles. The molecule has 0 spiro atoms. The highest BCUT2D eigenvalue weighted by atomic mass is 16.5. The summed E-state index contributed by atoms with van der Waals surface area (Å²) in [5.41, 5.74) is 0.697. The number of anilines is 1. The van der Waals surface area contributed by atoms with Gasteiger partial charge >= 0.3 is 0 Å². The molecule has 0 saturated carbocycles. The number of carbonyl (C=O) groups is 1. The van der Waals surface area contributed by atoms with Crippen LogP contribution in [0, 0.1) is 0 Å². The van der Waals surface area contributed by atoms with Gasteiger partial charge in [0.05, 0.1) is 25.1 Å². The van der Waals surface area contributed by atoms with Crippen LogP contribution in [0.1, 0.15) is 38.0 Å². The number of benzene rings is 1. The summed E-state index contributed by atoms with van der Waals surface area (Å²) in [5, 5.41) is 6.43. The second-order valence-corrected chi connectivity index (χ2v) is 7.04. The smallest absolute Gasteiger partial charge is 0.226 e. The van der Waals surface area contributed by atoms with Gasteiger partial charge in [0.25, 0.3) is 0 Å². The molecule has 2 atom stereocenters. The molecule has 1 saturated heterocycles. The molecule has 1 aliphatic rings. The van der Waals surface area contributed by atoms with Gasteiger partial charge in [-0.05, 0) is 57.1 Å². The van der Waals surface area contributed by atoms with E-state index < -0.39 is 0 Å². The number of amides is 1. The van der Waals surface area contributed by atoms with Gasteiger partial charge in [-0.2, -0.15) is 0 Å². The number of carbonyl (C=O) groups excluding carboxylic acids is 1. The number of para-hydroxylation sites is 2. The van der Waals surface area contributed by atoms with Gasteiger partial charge in [-0.3, -0.25) is 9.69 Å². The zero-order valence-electron chi connectivity index (χ0n) is 16.1. The van der Waals surface area contributed by atoms with Crippen molar-refractivity contribution < 1.29 is 13.9 Å². The van der Waals surface area contributed by atoms with Gasteiger partial charge in [-0.15, -0.1) is 0 Å². The van der Waals surface area contributed by atoms with Crippen LogP contribution < -0.4 is 15.4 Å². The summed E-state index contributed by atoms with van der Waals surface area (Å²) in [6.07, 6.45) is 4.58. The Kier molecular flexibility index (Phi) is 6.90. The first-order valence-electron chi connectivity index (χ1n) is 9.61. The lowest BCUT2D eigenvalue weighted by Gasteiger charge is -2.27. The molecular weight excluding hydrogens is 342 g/mol. The molecule has 1 fully saturated rings. The summed E-state index contributed by atoms with van der Waals surface area (Å²) in [4.78, 5) is 14.8. The summed E-state index contributed by atoms with van der Waals surface area (Å²) in [6.45, 7) is 4.98. The van der Waals surface area contributed by atoms with Gasteiger partial charge in [0.15, 0.2) is 0 Å². The standard InChI is InChI=1S/C21H29N3O3/c1-16(14-21(25)23-17-8-3-4-9-19(17)26-2)22-15-18(20-10-7-13-27-20)24-11-5-6-12-24/h3-4,7-10,13,16,18,22H,5-6,11-12,14-15H2,1-2H3,(H,23,25)/t16-,18+/m1/s1. The number of hydrogen-bond donors (Lipinski definition) is 2. The molecule has 0 bridgehead atoms. The second kappa shape index (κ2) is 9.58. The van der Waals surface area contributed by atoms with Crippen LogP contribution in [-0.4, -0.2) is 43.6 Å². The number of ether oxygens (including phenoxy) is 1. The molecule has 27 heavy (non-hydrogen) atoms. The molecule has 0 aliphatic carbocycles. The average molecular weight is 371 g/mol. The Morgan fingerprint density at radius 2 is 2.00 bits per heavy atom. The van der Waals surface area contributed by atoms with E-state index in [0.717, 1.165) is 25.4 Å². The van der Waals surface area contributed by atoms with Crippen LogP contribution in [0.25, 0.3) is 0 Å². The molecule has 6 heteroatoms. The largest absolute Gasteiger partial charge is 0.495 e. The van der Waals surface area contributed by atoms with E-state index in [4.69, 9.17) is 9.15 Å². The molecule has 2 aromatic rings. The monoisotopic (exact) mass is 371 g/mol. The van der Waals surface area contributed by atoms with Crippen LogP contribution in [0.3, 0.4) is 0 Å². The van der Waals surface area contributed by atoms with Crippen molar-refractivity contribution in [1.82, 2.24) is 10.2 Å². The van der Waals surface area contributed by atoms with E-state index in [1.165, 1.54) is 12.8 Å². The normalized spacial score (nSPS) is 16.8. The highest BCUT2D eigenvalue weighted by Gasteiger charge is 2.26. The highest BCUT2D eigenvalue weighted by molar-refractivity contribution is 5.92. The Morgan fingerprint density at radius 3 is 2.70 bits per heavy atom. The molecule has 2 heterocycles. The van der Waals surface area contributed by atoms with Crippen molar-refractivity contribution >= 4 is 11.6 Å². The van der Waals surface area contributed by atoms with E-state index in [2.05, 4.69) is 15.5 Å². The van der Waals surface area contributed by atoms with E-state index in [1.807, 2.05) is 43.3 Å². The van der Waals surface area contributed by atoms with Crippen molar-refractivity contribution in [2.24, 2.45) is 0 Å². The lowest BCUT2D eigenvalue weighted by atomic mass is 10.1. The molecule has 2 N–H and O–H groups in total. The van der Waals surface area contributed by atoms with E-state index in [1.54, 1.807) is 13.4 Å². The van der Waals surface area contributed by atoms with Crippen molar-refractivity contribution in [3.05, 3.63) is 48.4 Å². The summed E-state index contributed by atoms with van der Waals surface area (Å²) in [5.74, 6) is 1.61. The Morgan fingerprint density at radius 1 is 1.22 bits per heavy atom. The van der Waals surface area contributed by atoms with Gasteiger partial charge in [-0.1, -0.05) is 12.1 Å². The predicted octanol–water partition coefficient (Wildman–Crippen LogP) is 3.43. The van der Waals surface area contributed by atoms with Crippen molar-refractivity contribution in [2.75, 3.05) is 32.1 Å². The third kappa shape index (κ3) is 5.34. The molecule has 0 unspecified atom stereocenters. The van der Waals surface area contributed by atoms with E-state index in [0.29, 0.717) is 17.9 Å². The first kappa shape index (κ1) is 19.5. The number of furan rings is 1. The summed E-state index contributed by atoms with van der Waals surface area (Å²) >= 11 is 0. The van der Waals surface area contributed by atoms with Gasteiger partial charge in [0.2, 0.25) is 5.91 Å². The fraction of sp³-hybridized carbons (Fsp3) is 0.476. The minimum absolute atomic E-state index is 0.0322. The number of rotatable bonds is 9. The maximum Gasteiger partial charge on any atom is 0.226 e. The molecule has 3 rings (SSSR count). The van der Waals surface area contributed by atoms with Crippen molar-refractivity contribution in [3.63, 3.8) is 0 Å². The minimum atomic E-state index is -0.0322.